The molecule has 1 atom stereocenters. The monoisotopic (exact) mass is 352 g/mol. The zero-order valence-electron chi connectivity index (χ0n) is 14.3. The van der Waals surface area contributed by atoms with Gasteiger partial charge in [0.1, 0.15) is 0 Å². The lowest BCUT2D eigenvalue weighted by molar-refractivity contribution is 0.0912. The molecule has 0 bridgehead atoms. The van der Waals surface area contributed by atoms with Gasteiger partial charge in [-0.2, -0.15) is 0 Å². The van der Waals surface area contributed by atoms with Crippen LogP contribution in [0.2, 0.25) is 0 Å². The average molecular weight is 353 g/mol. The number of nitrogens with two attached hydrogens (primary N) is 1. The van der Waals surface area contributed by atoms with Crippen molar-refractivity contribution in [1.29, 1.82) is 0 Å². The van der Waals surface area contributed by atoms with Gasteiger partial charge in [-0.1, -0.05) is 38.3 Å². The summed E-state index contributed by atoms with van der Waals surface area (Å²) in [6.45, 7) is 2.19. The Morgan fingerprint density at radius 2 is 1.92 bits per heavy atom. The first-order valence-corrected chi connectivity index (χ1v) is 10.5. The molecule has 3 N–H and O–H groups in total. The molecule has 0 radical (unpaired) electrons. The van der Waals surface area contributed by atoms with Crippen LogP contribution in [-0.4, -0.2) is 32.7 Å². The van der Waals surface area contributed by atoms with E-state index in [1.54, 1.807) is 18.2 Å². The molecule has 6 heteroatoms. The second-order valence-electron chi connectivity index (χ2n) is 6.53. The van der Waals surface area contributed by atoms with E-state index in [1.807, 2.05) is 6.92 Å². The van der Waals surface area contributed by atoms with Crippen molar-refractivity contribution in [3.63, 3.8) is 0 Å². The molecular formula is C18H28N2O3S. The molecule has 1 aromatic rings. The lowest BCUT2D eigenvalue weighted by Crippen LogP contribution is -2.46. The summed E-state index contributed by atoms with van der Waals surface area (Å²) in [6, 6.07) is 6.34. The van der Waals surface area contributed by atoms with Crippen molar-refractivity contribution >= 4 is 15.7 Å². The number of carbonyl (C=O) groups excluding carboxylic acids is 1. The second-order valence-corrected chi connectivity index (χ2v) is 8.61. The van der Waals surface area contributed by atoms with E-state index in [9.17, 15) is 13.2 Å². The lowest BCUT2D eigenvalue weighted by atomic mass is 9.84. The second kappa shape index (κ2) is 8.62. The summed E-state index contributed by atoms with van der Waals surface area (Å²) in [5.74, 6) is 0.0821. The summed E-state index contributed by atoms with van der Waals surface area (Å²) < 4.78 is 24.8. The van der Waals surface area contributed by atoms with Gasteiger partial charge in [0, 0.05) is 12.6 Å². The van der Waals surface area contributed by atoms with Gasteiger partial charge in [-0.15, -0.1) is 0 Å². The predicted octanol–water partition coefficient (Wildman–Crippen LogP) is 2.51. The molecule has 0 heterocycles. The molecule has 0 aromatic heterocycles. The summed E-state index contributed by atoms with van der Waals surface area (Å²) in [5.41, 5.74) is 6.09. The highest BCUT2D eigenvalue weighted by Gasteiger charge is 2.27. The summed E-state index contributed by atoms with van der Waals surface area (Å²) in [5, 5.41) is 2.98. The van der Waals surface area contributed by atoms with E-state index in [0.29, 0.717) is 18.9 Å². The normalized spacial score (nSPS) is 17.4. The molecule has 1 aromatic carbocycles. The Kier molecular flexibility index (Phi) is 6.80. The van der Waals surface area contributed by atoms with Gasteiger partial charge in [-0.25, -0.2) is 8.42 Å². The number of sulfone groups is 1. The molecule has 1 aliphatic carbocycles. The van der Waals surface area contributed by atoms with E-state index >= 15 is 0 Å². The van der Waals surface area contributed by atoms with Crippen LogP contribution in [0, 0.1) is 5.92 Å². The minimum Gasteiger partial charge on any atom is -0.348 e. The molecule has 0 saturated heterocycles. The van der Waals surface area contributed by atoms with Crippen LogP contribution in [0.1, 0.15) is 55.8 Å². The van der Waals surface area contributed by atoms with Crippen LogP contribution < -0.4 is 11.1 Å². The summed E-state index contributed by atoms with van der Waals surface area (Å²) >= 11 is 0. The zero-order chi connectivity index (χ0) is 17.6. The van der Waals surface area contributed by atoms with Crippen molar-refractivity contribution in [1.82, 2.24) is 5.32 Å². The Morgan fingerprint density at radius 1 is 1.25 bits per heavy atom. The molecule has 1 aliphatic rings. The van der Waals surface area contributed by atoms with Crippen molar-refractivity contribution in [2.24, 2.45) is 11.7 Å². The first kappa shape index (κ1) is 18.9. The fraction of sp³-hybridized carbons (Fsp3) is 0.611. The Bertz CT molecular complexity index is 652. The lowest BCUT2D eigenvalue weighted by Gasteiger charge is -2.30. The van der Waals surface area contributed by atoms with Gasteiger partial charge in [0.25, 0.3) is 5.91 Å². The van der Waals surface area contributed by atoms with Crippen molar-refractivity contribution in [2.45, 2.75) is 56.4 Å². The van der Waals surface area contributed by atoms with Crippen molar-refractivity contribution in [3.05, 3.63) is 29.8 Å². The molecule has 24 heavy (non-hydrogen) atoms. The number of carbonyl (C=O) groups is 1. The van der Waals surface area contributed by atoms with E-state index in [0.717, 1.165) is 12.8 Å². The SMILES string of the molecule is CCCS(=O)(=O)c1ccccc1C(=O)NC(CN)C1CCCCC1. The Hall–Kier alpha value is -1.40. The number of rotatable bonds is 7. The fourth-order valence-electron chi connectivity index (χ4n) is 3.46. The van der Waals surface area contributed by atoms with Crippen molar-refractivity contribution < 1.29 is 13.2 Å². The van der Waals surface area contributed by atoms with E-state index in [4.69, 9.17) is 5.73 Å². The van der Waals surface area contributed by atoms with E-state index in [-0.39, 0.29) is 28.2 Å². The number of nitrogens with one attached hydrogen (secondary N) is 1. The van der Waals surface area contributed by atoms with E-state index < -0.39 is 9.84 Å². The number of amides is 1. The highest BCUT2D eigenvalue weighted by atomic mass is 32.2. The quantitative estimate of drug-likeness (QED) is 0.789. The van der Waals surface area contributed by atoms with Crippen LogP contribution in [0.25, 0.3) is 0 Å². The zero-order valence-corrected chi connectivity index (χ0v) is 15.1. The summed E-state index contributed by atoms with van der Waals surface area (Å²) in [4.78, 5) is 12.8. The molecule has 2 rings (SSSR count). The van der Waals surface area contributed by atoms with Gasteiger partial charge in [0.05, 0.1) is 16.2 Å². The van der Waals surface area contributed by atoms with Crippen LogP contribution in [0.15, 0.2) is 29.2 Å². The highest BCUT2D eigenvalue weighted by Crippen LogP contribution is 2.26. The fourth-order valence-corrected chi connectivity index (χ4v) is 5.00. The Labute approximate surface area is 144 Å². The molecule has 134 valence electrons. The van der Waals surface area contributed by atoms with Crippen LogP contribution in [0.5, 0.6) is 0 Å². The summed E-state index contributed by atoms with van der Waals surface area (Å²) in [6.07, 6.45) is 6.22. The number of benzene rings is 1. The van der Waals surface area contributed by atoms with Crippen molar-refractivity contribution in [3.8, 4) is 0 Å². The van der Waals surface area contributed by atoms with Crippen LogP contribution in [0.4, 0.5) is 0 Å². The molecular weight excluding hydrogens is 324 g/mol. The van der Waals surface area contributed by atoms with Gasteiger partial charge in [0.15, 0.2) is 9.84 Å². The van der Waals surface area contributed by atoms with Gasteiger partial charge in [-0.3, -0.25) is 4.79 Å². The van der Waals surface area contributed by atoms with Crippen molar-refractivity contribution in [2.75, 3.05) is 12.3 Å². The maximum Gasteiger partial charge on any atom is 0.252 e. The first-order chi connectivity index (χ1) is 11.5. The van der Waals surface area contributed by atoms with Gasteiger partial charge >= 0.3 is 0 Å². The third-order valence-electron chi connectivity index (χ3n) is 4.73. The maximum atomic E-state index is 12.7. The van der Waals surface area contributed by atoms with Gasteiger partial charge < -0.3 is 11.1 Å². The largest absolute Gasteiger partial charge is 0.348 e. The van der Waals surface area contributed by atoms with Gasteiger partial charge in [0.2, 0.25) is 0 Å². The average Bonchev–Trinajstić information content (AvgIpc) is 2.60. The minimum atomic E-state index is -3.45. The maximum absolute atomic E-state index is 12.7. The van der Waals surface area contributed by atoms with Crippen LogP contribution >= 0.6 is 0 Å². The third-order valence-corrected chi connectivity index (χ3v) is 6.70. The van der Waals surface area contributed by atoms with Crippen LogP contribution in [-0.2, 0) is 9.84 Å². The van der Waals surface area contributed by atoms with Crippen LogP contribution in [0.3, 0.4) is 0 Å². The Morgan fingerprint density at radius 3 is 2.54 bits per heavy atom. The molecule has 1 fully saturated rings. The number of hydrogen-bond acceptors (Lipinski definition) is 4. The summed E-state index contributed by atoms with van der Waals surface area (Å²) in [7, 11) is -3.45. The predicted molar refractivity (Wildman–Crippen MR) is 95.7 cm³/mol. The smallest absolute Gasteiger partial charge is 0.252 e. The molecule has 0 aliphatic heterocycles. The van der Waals surface area contributed by atoms with E-state index in [1.165, 1.54) is 25.3 Å². The number of hydrogen-bond donors (Lipinski definition) is 2. The molecule has 1 unspecified atom stereocenters. The first-order valence-electron chi connectivity index (χ1n) is 8.82. The molecule has 5 nitrogen and oxygen atoms in total. The standard InChI is InChI=1S/C18H28N2O3S/c1-2-12-24(22,23)17-11-7-6-10-15(17)18(21)20-16(13-19)14-8-4-3-5-9-14/h6-7,10-11,14,16H,2-5,8-9,12-13,19H2,1H3,(H,20,21). The topological polar surface area (TPSA) is 89.3 Å². The molecule has 1 saturated carbocycles. The molecule has 0 spiro atoms. The molecule has 1 amide bonds. The highest BCUT2D eigenvalue weighted by molar-refractivity contribution is 7.91. The third kappa shape index (κ3) is 4.57. The minimum absolute atomic E-state index is 0.0419. The Balaban J connectivity index is 2.20. The van der Waals surface area contributed by atoms with E-state index in [2.05, 4.69) is 5.32 Å². The van der Waals surface area contributed by atoms with Gasteiger partial charge in [-0.05, 0) is 37.3 Å².